The highest BCUT2D eigenvalue weighted by Gasteiger charge is 2.30. The van der Waals surface area contributed by atoms with Crippen molar-refractivity contribution in [1.29, 1.82) is 5.26 Å². The number of rotatable bonds is 2. The molecule has 2 heterocycles. The maximum absolute atomic E-state index is 11.7. The third kappa shape index (κ3) is 3.06. The van der Waals surface area contributed by atoms with Gasteiger partial charge in [-0.05, 0) is 56.4 Å². The number of aromatic nitrogens is 2. The fourth-order valence-corrected chi connectivity index (χ4v) is 3.72. The van der Waals surface area contributed by atoms with Crippen molar-refractivity contribution in [1.82, 2.24) is 9.55 Å². The molecule has 1 atom stereocenters. The van der Waals surface area contributed by atoms with E-state index in [2.05, 4.69) is 17.1 Å². The molecular weight excluding hydrogens is 340 g/mol. The molecule has 1 aliphatic carbocycles. The molecule has 6 nitrogen and oxygen atoms in total. The van der Waals surface area contributed by atoms with Gasteiger partial charge < -0.3 is 4.74 Å². The van der Waals surface area contributed by atoms with E-state index in [4.69, 9.17) is 9.73 Å². The number of carbonyl (C=O) groups is 1. The van der Waals surface area contributed by atoms with E-state index in [1.807, 2.05) is 23.6 Å². The maximum atomic E-state index is 11.7. The number of nitrogens with zero attached hydrogens (tertiary/aromatic N) is 4. The van der Waals surface area contributed by atoms with Crippen molar-refractivity contribution in [2.24, 2.45) is 4.99 Å². The number of aliphatic imine (C=N–C) groups is 1. The minimum absolute atomic E-state index is 0.406. The van der Waals surface area contributed by atoms with Gasteiger partial charge in [-0.15, -0.1) is 0 Å². The lowest BCUT2D eigenvalue weighted by Crippen LogP contribution is -2.13. The largest absolute Gasteiger partial charge is 0.432 e. The van der Waals surface area contributed by atoms with Crippen LogP contribution in [0, 0.1) is 18.3 Å². The number of aryl methyl sites for hydroxylation is 1. The van der Waals surface area contributed by atoms with Crippen molar-refractivity contribution in [3.63, 3.8) is 0 Å². The quantitative estimate of drug-likeness (QED) is 0.760. The predicted molar refractivity (Wildman–Crippen MR) is 101 cm³/mol. The molecule has 0 fully saturated rings. The number of esters is 1. The van der Waals surface area contributed by atoms with Crippen LogP contribution in [0.5, 0.6) is 0 Å². The van der Waals surface area contributed by atoms with E-state index in [1.165, 1.54) is 6.92 Å². The van der Waals surface area contributed by atoms with Crippen LogP contribution in [-0.4, -0.2) is 21.2 Å². The fraction of sp³-hybridized carbons (Fsp3) is 0.333. The number of hydrogen-bond acceptors (Lipinski definition) is 5. The van der Waals surface area contributed by atoms with Crippen molar-refractivity contribution in [2.75, 3.05) is 0 Å². The molecule has 1 aliphatic heterocycles. The Labute approximate surface area is 157 Å². The summed E-state index contributed by atoms with van der Waals surface area (Å²) >= 11 is 0. The third-order valence-corrected chi connectivity index (χ3v) is 4.93. The lowest BCUT2D eigenvalue weighted by atomic mass is 9.91. The monoisotopic (exact) mass is 360 g/mol. The van der Waals surface area contributed by atoms with E-state index in [-0.39, 0.29) is 0 Å². The molecule has 136 valence electrons. The van der Waals surface area contributed by atoms with Gasteiger partial charge in [-0.25, -0.2) is 9.98 Å². The Hall–Kier alpha value is -3.20. The lowest BCUT2D eigenvalue weighted by Gasteiger charge is -2.17. The number of ether oxygens (including phenoxy) is 1. The molecule has 2 aromatic rings. The summed E-state index contributed by atoms with van der Waals surface area (Å²) in [6.07, 6.45) is 7.32. The number of imidazole rings is 1. The summed E-state index contributed by atoms with van der Waals surface area (Å²) in [5.41, 5.74) is 5.19. The molecule has 1 unspecified atom stereocenters. The Kier molecular flexibility index (Phi) is 4.36. The normalized spacial score (nSPS) is 18.3. The molecule has 0 N–H and O–H groups in total. The second-order valence-corrected chi connectivity index (χ2v) is 6.85. The summed E-state index contributed by atoms with van der Waals surface area (Å²) in [4.78, 5) is 21.0. The van der Waals surface area contributed by atoms with Crippen LogP contribution in [0.1, 0.15) is 61.5 Å². The Morgan fingerprint density at radius 2 is 2.22 bits per heavy atom. The van der Waals surface area contributed by atoms with Gasteiger partial charge in [0.15, 0.2) is 5.82 Å². The Balaban J connectivity index is 2.00. The van der Waals surface area contributed by atoms with Crippen LogP contribution in [0.4, 0.5) is 0 Å². The van der Waals surface area contributed by atoms with Crippen molar-refractivity contribution >= 4 is 11.7 Å². The predicted octanol–water partition coefficient (Wildman–Crippen LogP) is 3.92. The number of fused-ring (bicyclic) bond motifs is 3. The van der Waals surface area contributed by atoms with Gasteiger partial charge in [-0.3, -0.25) is 9.36 Å². The van der Waals surface area contributed by atoms with E-state index in [1.54, 1.807) is 12.3 Å². The summed E-state index contributed by atoms with van der Waals surface area (Å²) in [5.74, 6) is 0.164. The second kappa shape index (κ2) is 6.84. The molecule has 1 aromatic carbocycles. The first-order chi connectivity index (χ1) is 13.1. The molecule has 6 heteroatoms. The highest BCUT2D eigenvalue weighted by Crippen LogP contribution is 2.34. The van der Waals surface area contributed by atoms with Crippen LogP contribution >= 0.6 is 0 Å². The number of hydrogen-bond donors (Lipinski definition) is 0. The summed E-state index contributed by atoms with van der Waals surface area (Å²) in [6.45, 7) is 3.33. The average Bonchev–Trinajstić information content (AvgIpc) is 3.00. The SMILES string of the molecule is CC(=O)OC1N=C(C2=CCCCC2)c2cc(C#N)ccc2-n2c(C)cnc21. The topological polar surface area (TPSA) is 80.3 Å². The first-order valence-corrected chi connectivity index (χ1v) is 9.12. The van der Waals surface area contributed by atoms with Crippen LogP contribution in [-0.2, 0) is 9.53 Å². The van der Waals surface area contributed by atoms with Gasteiger partial charge in [-0.1, -0.05) is 6.08 Å². The van der Waals surface area contributed by atoms with Gasteiger partial charge in [0.05, 0.1) is 23.0 Å². The van der Waals surface area contributed by atoms with Crippen molar-refractivity contribution < 1.29 is 9.53 Å². The van der Waals surface area contributed by atoms with E-state index in [0.29, 0.717) is 11.4 Å². The molecule has 27 heavy (non-hydrogen) atoms. The Morgan fingerprint density at radius 1 is 1.37 bits per heavy atom. The van der Waals surface area contributed by atoms with Crippen LogP contribution < -0.4 is 0 Å². The van der Waals surface area contributed by atoms with E-state index < -0.39 is 12.2 Å². The minimum atomic E-state index is -0.813. The average molecular weight is 360 g/mol. The summed E-state index contributed by atoms with van der Waals surface area (Å²) in [6, 6.07) is 7.79. The highest BCUT2D eigenvalue weighted by molar-refractivity contribution is 6.15. The molecule has 0 radical (unpaired) electrons. The Bertz CT molecular complexity index is 1020. The summed E-state index contributed by atoms with van der Waals surface area (Å²) < 4.78 is 7.48. The summed E-state index contributed by atoms with van der Waals surface area (Å²) in [5, 5.41) is 9.39. The molecule has 0 amide bonds. The number of carbonyl (C=O) groups excluding carboxylic acids is 1. The first kappa shape index (κ1) is 17.2. The van der Waals surface area contributed by atoms with E-state index >= 15 is 0 Å². The van der Waals surface area contributed by atoms with Crippen LogP contribution in [0.25, 0.3) is 5.69 Å². The van der Waals surface area contributed by atoms with Gasteiger partial charge >= 0.3 is 5.97 Å². The van der Waals surface area contributed by atoms with Crippen molar-refractivity contribution in [2.45, 2.75) is 45.8 Å². The molecule has 0 spiro atoms. The van der Waals surface area contributed by atoms with Gasteiger partial charge in [0, 0.05) is 24.4 Å². The molecular formula is C21H20N4O2. The minimum Gasteiger partial charge on any atom is -0.432 e. The molecule has 1 aromatic heterocycles. The zero-order valence-corrected chi connectivity index (χ0v) is 15.4. The van der Waals surface area contributed by atoms with Crippen LogP contribution in [0.2, 0.25) is 0 Å². The first-order valence-electron chi connectivity index (χ1n) is 9.12. The number of nitriles is 1. The molecule has 4 rings (SSSR count). The lowest BCUT2D eigenvalue weighted by molar-refractivity contribution is -0.146. The fourth-order valence-electron chi connectivity index (χ4n) is 3.72. The highest BCUT2D eigenvalue weighted by atomic mass is 16.6. The second-order valence-electron chi connectivity index (χ2n) is 6.85. The number of allylic oxidation sites excluding steroid dienone is 2. The molecule has 0 saturated carbocycles. The van der Waals surface area contributed by atoms with Crippen molar-refractivity contribution in [3.8, 4) is 11.8 Å². The van der Waals surface area contributed by atoms with Gasteiger partial charge in [-0.2, -0.15) is 5.26 Å². The van der Waals surface area contributed by atoms with E-state index in [0.717, 1.165) is 53.9 Å². The third-order valence-electron chi connectivity index (χ3n) is 4.93. The van der Waals surface area contributed by atoms with Crippen molar-refractivity contribution in [3.05, 3.63) is 58.7 Å². The zero-order valence-electron chi connectivity index (χ0n) is 15.4. The van der Waals surface area contributed by atoms with Gasteiger partial charge in [0.2, 0.25) is 0 Å². The molecule has 0 bridgehead atoms. The summed E-state index contributed by atoms with van der Waals surface area (Å²) in [7, 11) is 0. The van der Waals surface area contributed by atoms with E-state index in [9.17, 15) is 10.1 Å². The zero-order chi connectivity index (χ0) is 19.0. The van der Waals surface area contributed by atoms with Gasteiger partial charge in [0.25, 0.3) is 6.23 Å². The molecule has 0 saturated heterocycles. The van der Waals surface area contributed by atoms with Crippen LogP contribution in [0.3, 0.4) is 0 Å². The number of benzene rings is 1. The smallest absolute Gasteiger partial charge is 0.304 e. The standard InChI is InChI=1S/C21H20N4O2/c1-13-12-23-20-21(27-14(2)26)24-19(16-6-4-3-5-7-16)17-10-15(11-22)8-9-18(17)25(13)20/h6,8-10,12,21H,3-5,7H2,1-2H3. The van der Waals surface area contributed by atoms with Crippen LogP contribution in [0.15, 0.2) is 41.0 Å². The maximum Gasteiger partial charge on any atom is 0.304 e. The Morgan fingerprint density at radius 3 is 2.93 bits per heavy atom. The molecule has 2 aliphatic rings. The van der Waals surface area contributed by atoms with Gasteiger partial charge in [0.1, 0.15) is 0 Å².